The van der Waals surface area contributed by atoms with Gasteiger partial charge in [-0.25, -0.2) is 17.2 Å². The van der Waals surface area contributed by atoms with Crippen molar-refractivity contribution in [2.75, 3.05) is 13.1 Å². The Morgan fingerprint density at radius 3 is 2.27 bits per heavy atom. The first-order valence-corrected chi connectivity index (χ1v) is 8.42. The zero-order chi connectivity index (χ0) is 15.7. The summed E-state index contributed by atoms with van der Waals surface area (Å²) in [5, 5.41) is 0. The van der Waals surface area contributed by atoms with Crippen LogP contribution >= 0.6 is 0 Å². The fraction of sp³-hybridized carbons (Fsp3) is 0.250. The molecule has 3 rings (SSSR count). The van der Waals surface area contributed by atoms with E-state index in [-0.39, 0.29) is 10.8 Å². The summed E-state index contributed by atoms with van der Waals surface area (Å²) < 4.78 is 52.8. The molecule has 2 aromatic carbocycles. The van der Waals surface area contributed by atoms with Gasteiger partial charge in [-0.1, -0.05) is 30.3 Å². The highest BCUT2D eigenvalue weighted by Gasteiger charge is 2.33. The molecule has 0 saturated carbocycles. The number of nitrogens with zero attached hydrogens (tertiary/aromatic N) is 1. The Morgan fingerprint density at radius 2 is 1.64 bits per heavy atom. The molecule has 1 aliphatic heterocycles. The predicted molar refractivity (Wildman–Crippen MR) is 78.9 cm³/mol. The number of benzene rings is 2. The molecule has 0 bridgehead atoms. The van der Waals surface area contributed by atoms with E-state index in [0.717, 1.165) is 17.7 Å². The highest BCUT2D eigenvalue weighted by Crippen LogP contribution is 2.31. The minimum Gasteiger partial charge on any atom is -0.207 e. The van der Waals surface area contributed by atoms with Gasteiger partial charge in [-0.3, -0.25) is 0 Å². The molecule has 1 fully saturated rings. The number of sulfonamides is 1. The lowest BCUT2D eigenvalue weighted by atomic mass is 9.99. The second kappa shape index (κ2) is 5.78. The molecule has 1 aliphatic rings. The van der Waals surface area contributed by atoms with E-state index >= 15 is 0 Å². The van der Waals surface area contributed by atoms with Gasteiger partial charge in [0.1, 0.15) is 11.6 Å². The predicted octanol–water partition coefficient (Wildman–Crippen LogP) is 3.14. The smallest absolute Gasteiger partial charge is 0.207 e. The van der Waals surface area contributed by atoms with Crippen molar-refractivity contribution < 1.29 is 17.2 Å². The van der Waals surface area contributed by atoms with Crippen LogP contribution in [-0.2, 0) is 10.0 Å². The minimum atomic E-state index is -3.87. The van der Waals surface area contributed by atoms with E-state index in [9.17, 15) is 17.2 Å². The lowest BCUT2D eigenvalue weighted by Gasteiger charge is -2.17. The zero-order valence-corrected chi connectivity index (χ0v) is 12.6. The average Bonchev–Trinajstić information content (AvgIpc) is 2.98. The Morgan fingerprint density at radius 1 is 1.00 bits per heavy atom. The highest BCUT2D eigenvalue weighted by atomic mass is 32.2. The topological polar surface area (TPSA) is 37.4 Å². The third kappa shape index (κ3) is 2.89. The van der Waals surface area contributed by atoms with Crippen LogP contribution in [0.5, 0.6) is 0 Å². The standard InChI is InChI=1S/C16H15F2NO2S/c17-14-8-15(18)10-16(9-14)22(20,21)19-7-6-13(11-19)12-4-2-1-3-5-12/h1-5,8-10,13H,6-7,11H2. The average molecular weight is 323 g/mol. The number of halogens is 2. The zero-order valence-electron chi connectivity index (χ0n) is 11.7. The Kier molecular flexibility index (Phi) is 3.97. The Hall–Kier alpha value is -1.79. The minimum absolute atomic E-state index is 0.106. The maximum Gasteiger partial charge on any atom is 0.243 e. The highest BCUT2D eigenvalue weighted by molar-refractivity contribution is 7.89. The van der Waals surface area contributed by atoms with Crippen LogP contribution < -0.4 is 0 Å². The molecule has 1 saturated heterocycles. The van der Waals surface area contributed by atoms with Gasteiger partial charge < -0.3 is 0 Å². The van der Waals surface area contributed by atoms with Gasteiger partial charge in [0.15, 0.2) is 0 Å². The summed E-state index contributed by atoms with van der Waals surface area (Å²) in [6.07, 6.45) is 0.695. The SMILES string of the molecule is O=S(=O)(c1cc(F)cc(F)c1)N1CCC(c2ccccc2)C1. The summed E-state index contributed by atoms with van der Waals surface area (Å²) >= 11 is 0. The molecule has 2 aromatic rings. The van der Waals surface area contributed by atoms with Gasteiger partial charge in [-0.05, 0) is 30.0 Å². The van der Waals surface area contributed by atoms with E-state index in [2.05, 4.69) is 0 Å². The van der Waals surface area contributed by atoms with E-state index in [1.165, 1.54) is 4.31 Å². The number of hydrogen-bond donors (Lipinski definition) is 0. The van der Waals surface area contributed by atoms with Gasteiger partial charge in [-0.15, -0.1) is 0 Å². The summed E-state index contributed by atoms with van der Waals surface area (Å²) in [4.78, 5) is -0.335. The van der Waals surface area contributed by atoms with E-state index < -0.39 is 21.7 Å². The molecule has 6 heteroatoms. The van der Waals surface area contributed by atoms with E-state index in [1.54, 1.807) is 0 Å². The first-order chi connectivity index (χ1) is 10.5. The van der Waals surface area contributed by atoms with Crippen molar-refractivity contribution in [1.82, 2.24) is 4.31 Å². The Labute approximate surface area is 128 Å². The normalized spacial score (nSPS) is 19.5. The lowest BCUT2D eigenvalue weighted by Crippen LogP contribution is -2.28. The van der Waals surface area contributed by atoms with Gasteiger partial charge in [0, 0.05) is 19.2 Å². The summed E-state index contributed by atoms with van der Waals surface area (Å²) in [7, 11) is -3.87. The van der Waals surface area contributed by atoms with Crippen molar-refractivity contribution in [3.8, 4) is 0 Å². The van der Waals surface area contributed by atoms with Crippen molar-refractivity contribution in [3.63, 3.8) is 0 Å². The van der Waals surface area contributed by atoms with Crippen molar-refractivity contribution in [1.29, 1.82) is 0 Å². The number of rotatable bonds is 3. The summed E-state index contributed by atoms with van der Waals surface area (Å²) in [6, 6.07) is 12.0. The van der Waals surface area contributed by atoms with E-state index in [0.29, 0.717) is 25.6 Å². The molecule has 116 valence electrons. The van der Waals surface area contributed by atoms with Gasteiger partial charge in [0.05, 0.1) is 4.90 Å². The molecular weight excluding hydrogens is 308 g/mol. The second-order valence-corrected chi connectivity index (χ2v) is 7.30. The van der Waals surface area contributed by atoms with Gasteiger partial charge in [0.25, 0.3) is 0 Å². The molecule has 1 atom stereocenters. The molecule has 0 aromatic heterocycles. The Balaban J connectivity index is 1.85. The van der Waals surface area contributed by atoms with Crippen LogP contribution in [0.25, 0.3) is 0 Å². The molecule has 1 unspecified atom stereocenters. The summed E-state index contributed by atoms with van der Waals surface area (Å²) in [6.45, 7) is 0.671. The van der Waals surface area contributed by atoms with Gasteiger partial charge in [-0.2, -0.15) is 4.31 Å². The largest absolute Gasteiger partial charge is 0.243 e. The summed E-state index contributed by atoms with van der Waals surface area (Å²) in [5.41, 5.74) is 1.07. The molecule has 0 amide bonds. The van der Waals surface area contributed by atoms with Crippen molar-refractivity contribution in [2.24, 2.45) is 0 Å². The molecule has 0 aliphatic carbocycles. The molecule has 3 nitrogen and oxygen atoms in total. The van der Waals surface area contributed by atoms with Crippen LogP contribution in [0.15, 0.2) is 53.4 Å². The van der Waals surface area contributed by atoms with E-state index in [1.807, 2.05) is 30.3 Å². The summed E-state index contributed by atoms with van der Waals surface area (Å²) in [5.74, 6) is -1.68. The maximum absolute atomic E-state index is 13.3. The van der Waals surface area contributed by atoms with Crippen LogP contribution in [0.4, 0.5) is 8.78 Å². The van der Waals surface area contributed by atoms with Crippen molar-refractivity contribution in [2.45, 2.75) is 17.2 Å². The maximum atomic E-state index is 13.3. The van der Waals surface area contributed by atoms with Gasteiger partial charge in [0.2, 0.25) is 10.0 Å². The van der Waals surface area contributed by atoms with Crippen molar-refractivity contribution >= 4 is 10.0 Å². The molecule has 22 heavy (non-hydrogen) atoms. The van der Waals surface area contributed by atoms with Crippen LogP contribution in [0.1, 0.15) is 17.9 Å². The molecule has 0 N–H and O–H groups in total. The van der Waals surface area contributed by atoms with Crippen LogP contribution in [0.2, 0.25) is 0 Å². The number of hydrogen-bond acceptors (Lipinski definition) is 2. The van der Waals surface area contributed by atoms with Crippen molar-refractivity contribution in [3.05, 3.63) is 65.7 Å². The fourth-order valence-electron chi connectivity index (χ4n) is 2.77. The van der Waals surface area contributed by atoms with Crippen LogP contribution in [0, 0.1) is 11.6 Å². The lowest BCUT2D eigenvalue weighted by molar-refractivity contribution is 0.470. The molecule has 1 heterocycles. The molecule has 0 radical (unpaired) electrons. The second-order valence-electron chi connectivity index (χ2n) is 5.36. The molecular formula is C16H15F2NO2S. The van der Waals surface area contributed by atoms with E-state index in [4.69, 9.17) is 0 Å². The van der Waals surface area contributed by atoms with Crippen LogP contribution in [-0.4, -0.2) is 25.8 Å². The van der Waals surface area contributed by atoms with Gasteiger partial charge >= 0.3 is 0 Å². The first-order valence-electron chi connectivity index (χ1n) is 6.98. The van der Waals surface area contributed by atoms with Crippen LogP contribution in [0.3, 0.4) is 0 Å². The molecule has 0 spiro atoms. The monoisotopic (exact) mass is 323 g/mol. The third-order valence-corrected chi connectivity index (χ3v) is 5.74. The first kappa shape index (κ1) is 15.1. The fourth-order valence-corrected chi connectivity index (χ4v) is 4.31. The third-order valence-electron chi connectivity index (χ3n) is 3.90. The quantitative estimate of drug-likeness (QED) is 0.870. The Bertz CT molecular complexity index is 758.